The van der Waals surface area contributed by atoms with Crippen molar-refractivity contribution < 1.29 is 9.59 Å². The fourth-order valence-electron chi connectivity index (χ4n) is 3.02. The van der Waals surface area contributed by atoms with Crippen molar-refractivity contribution in [3.63, 3.8) is 0 Å². The Bertz CT molecular complexity index is 329. The fraction of sp³-hybridized carbons (Fsp3) is 0.846. The molecule has 2 fully saturated rings. The highest BCUT2D eigenvalue weighted by Crippen LogP contribution is 2.19. The van der Waals surface area contributed by atoms with Crippen LogP contribution in [0, 0.1) is 0 Å². The summed E-state index contributed by atoms with van der Waals surface area (Å²) in [6.45, 7) is 2.29. The molecule has 0 aromatic carbocycles. The molecule has 108 valence electrons. The number of nitrogens with zero attached hydrogens (tertiary/aromatic N) is 1. The molecule has 3 amide bonds. The van der Waals surface area contributed by atoms with Gasteiger partial charge in [0.25, 0.3) is 0 Å². The molecule has 0 spiro atoms. The molecule has 0 aromatic rings. The van der Waals surface area contributed by atoms with Crippen LogP contribution >= 0.6 is 0 Å². The number of amides is 3. The van der Waals surface area contributed by atoms with Crippen LogP contribution in [-0.2, 0) is 4.79 Å². The van der Waals surface area contributed by atoms with Crippen LogP contribution in [0.3, 0.4) is 0 Å². The van der Waals surface area contributed by atoms with E-state index < -0.39 is 6.03 Å². The minimum atomic E-state index is -0.518. The molecule has 6 heteroatoms. The number of rotatable bonds is 4. The van der Waals surface area contributed by atoms with Crippen molar-refractivity contribution in [3.8, 4) is 0 Å². The van der Waals surface area contributed by atoms with E-state index in [0.29, 0.717) is 19.0 Å². The van der Waals surface area contributed by atoms with Gasteiger partial charge in [-0.2, -0.15) is 0 Å². The van der Waals surface area contributed by atoms with Gasteiger partial charge in [-0.3, -0.25) is 4.79 Å². The van der Waals surface area contributed by atoms with E-state index in [1.807, 2.05) is 4.90 Å². The van der Waals surface area contributed by atoms with Gasteiger partial charge in [-0.05, 0) is 38.6 Å². The first kappa shape index (κ1) is 14.1. The summed E-state index contributed by atoms with van der Waals surface area (Å²) in [6, 6.07) is -0.0789. The first-order chi connectivity index (χ1) is 9.16. The van der Waals surface area contributed by atoms with Crippen LogP contribution in [0.25, 0.3) is 0 Å². The second-order valence-corrected chi connectivity index (χ2v) is 5.48. The van der Waals surface area contributed by atoms with Crippen molar-refractivity contribution >= 4 is 11.9 Å². The van der Waals surface area contributed by atoms with E-state index in [1.54, 1.807) is 0 Å². The Labute approximate surface area is 114 Å². The average Bonchev–Trinajstić information content (AvgIpc) is 2.89. The maximum Gasteiger partial charge on any atom is 0.312 e. The lowest BCUT2D eigenvalue weighted by Gasteiger charge is -2.36. The van der Waals surface area contributed by atoms with Gasteiger partial charge < -0.3 is 21.3 Å². The number of hydrogen-bond acceptors (Lipinski definition) is 3. The number of nitrogens with one attached hydrogen (secondary N) is 2. The number of primary amides is 1. The van der Waals surface area contributed by atoms with Crippen molar-refractivity contribution in [1.82, 2.24) is 15.5 Å². The lowest BCUT2D eigenvalue weighted by molar-refractivity contribution is -0.135. The third kappa shape index (κ3) is 4.09. The zero-order valence-electron chi connectivity index (χ0n) is 11.4. The van der Waals surface area contributed by atoms with Crippen LogP contribution in [0.15, 0.2) is 0 Å². The van der Waals surface area contributed by atoms with Crippen LogP contribution in [0.4, 0.5) is 4.79 Å². The highest BCUT2D eigenvalue weighted by Gasteiger charge is 2.28. The van der Waals surface area contributed by atoms with Gasteiger partial charge >= 0.3 is 6.03 Å². The van der Waals surface area contributed by atoms with Crippen molar-refractivity contribution in [2.24, 2.45) is 5.73 Å². The molecule has 0 radical (unpaired) electrons. The maximum atomic E-state index is 12.4. The molecule has 2 atom stereocenters. The fourth-order valence-corrected chi connectivity index (χ4v) is 3.02. The number of urea groups is 1. The number of nitrogens with two attached hydrogens (primary N) is 1. The Morgan fingerprint density at radius 1 is 1.26 bits per heavy atom. The molecule has 6 nitrogen and oxygen atoms in total. The van der Waals surface area contributed by atoms with E-state index in [-0.39, 0.29) is 11.9 Å². The molecule has 0 aromatic heterocycles. The zero-order valence-corrected chi connectivity index (χ0v) is 11.4. The Balaban J connectivity index is 1.86. The van der Waals surface area contributed by atoms with E-state index in [1.165, 1.54) is 0 Å². The Hall–Kier alpha value is -1.30. The molecule has 19 heavy (non-hydrogen) atoms. The minimum Gasteiger partial charge on any atom is -0.352 e. The predicted octanol–water partition coefficient (Wildman–Crippen LogP) is 0.178. The summed E-state index contributed by atoms with van der Waals surface area (Å²) in [7, 11) is 0. The number of hydrogen-bond donors (Lipinski definition) is 3. The average molecular weight is 268 g/mol. The van der Waals surface area contributed by atoms with Crippen molar-refractivity contribution in [2.45, 2.75) is 50.6 Å². The Morgan fingerprint density at radius 3 is 2.79 bits per heavy atom. The van der Waals surface area contributed by atoms with Gasteiger partial charge in [-0.25, -0.2) is 4.79 Å². The topological polar surface area (TPSA) is 87.5 Å². The molecule has 2 aliphatic rings. The molecule has 0 aliphatic carbocycles. The minimum absolute atomic E-state index is 0.107. The zero-order chi connectivity index (χ0) is 13.7. The molecule has 4 N–H and O–H groups in total. The molecule has 2 unspecified atom stereocenters. The van der Waals surface area contributed by atoms with Gasteiger partial charge in [0.05, 0.1) is 0 Å². The van der Waals surface area contributed by atoms with Gasteiger partial charge in [0.1, 0.15) is 0 Å². The van der Waals surface area contributed by atoms with E-state index in [4.69, 9.17) is 5.73 Å². The molecule has 2 heterocycles. The van der Waals surface area contributed by atoms with Crippen LogP contribution in [0.2, 0.25) is 0 Å². The van der Waals surface area contributed by atoms with Crippen LogP contribution in [0.1, 0.15) is 38.5 Å². The summed E-state index contributed by atoms with van der Waals surface area (Å²) < 4.78 is 0. The second kappa shape index (κ2) is 6.75. The molecular weight excluding hydrogens is 244 g/mol. The van der Waals surface area contributed by atoms with Crippen molar-refractivity contribution in [2.75, 3.05) is 19.6 Å². The number of likely N-dealkylation sites (tertiary alicyclic amines) is 1. The molecule has 2 rings (SSSR count). The largest absolute Gasteiger partial charge is 0.352 e. The van der Waals surface area contributed by atoms with Crippen molar-refractivity contribution in [1.29, 1.82) is 0 Å². The molecule has 2 saturated heterocycles. The lowest BCUT2D eigenvalue weighted by Crippen LogP contribution is -2.51. The maximum absolute atomic E-state index is 12.4. The predicted molar refractivity (Wildman–Crippen MR) is 72.6 cm³/mol. The number of carbonyl (C=O) groups is 2. The first-order valence-electron chi connectivity index (χ1n) is 7.23. The number of carbonyl (C=O) groups excluding carboxylic acids is 2. The standard InChI is InChI=1S/C13H24N4O2/c14-13(19)16-9-11-5-1-2-7-17(11)12(18)8-10-4-3-6-15-10/h10-11,15H,1-9H2,(H3,14,16,19). The summed E-state index contributed by atoms with van der Waals surface area (Å²) in [5, 5.41) is 5.98. The Kier molecular flexibility index (Phi) is 5.01. The van der Waals surface area contributed by atoms with Gasteiger partial charge in [0, 0.05) is 31.6 Å². The summed E-state index contributed by atoms with van der Waals surface area (Å²) in [4.78, 5) is 25.1. The molecule has 0 saturated carbocycles. The van der Waals surface area contributed by atoms with Gasteiger partial charge in [0.15, 0.2) is 0 Å². The molecular formula is C13H24N4O2. The SMILES string of the molecule is NC(=O)NCC1CCCCN1C(=O)CC1CCCN1. The third-order valence-corrected chi connectivity index (χ3v) is 4.04. The van der Waals surface area contributed by atoms with Crippen LogP contribution < -0.4 is 16.4 Å². The summed E-state index contributed by atoms with van der Waals surface area (Å²) in [5.41, 5.74) is 5.10. The van der Waals surface area contributed by atoms with E-state index >= 15 is 0 Å². The monoisotopic (exact) mass is 268 g/mol. The molecule has 0 bridgehead atoms. The highest BCUT2D eigenvalue weighted by molar-refractivity contribution is 5.77. The first-order valence-corrected chi connectivity index (χ1v) is 7.23. The van der Waals surface area contributed by atoms with Gasteiger partial charge in [-0.1, -0.05) is 0 Å². The summed E-state index contributed by atoms with van der Waals surface area (Å²) in [5.74, 6) is 0.204. The van der Waals surface area contributed by atoms with E-state index in [2.05, 4.69) is 10.6 Å². The van der Waals surface area contributed by atoms with E-state index in [9.17, 15) is 9.59 Å². The number of piperidine rings is 1. The van der Waals surface area contributed by atoms with Gasteiger partial charge in [0.2, 0.25) is 5.91 Å². The highest BCUT2D eigenvalue weighted by atomic mass is 16.2. The lowest BCUT2D eigenvalue weighted by atomic mass is 10.0. The Morgan fingerprint density at radius 2 is 2.11 bits per heavy atom. The second-order valence-electron chi connectivity index (χ2n) is 5.48. The van der Waals surface area contributed by atoms with Crippen molar-refractivity contribution in [3.05, 3.63) is 0 Å². The van der Waals surface area contributed by atoms with Crippen LogP contribution in [0.5, 0.6) is 0 Å². The van der Waals surface area contributed by atoms with Crippen LogP contribution in [-0.4, -0.2) is 48.6 Å². The quantitative estimate of drug-likeness (QED) is 0.679. The third-order valence-electron chi connectivity index (χ3n) is 4.04. The normalized spacial score (nSPS) is 27.3. The summed E-state index contributed by atoms with van der Waals surface area (Å²) in [6.07, 6.45) is 5.93. The smallest absolute Gasteiger partial charge is 0.312 e. The van der Waals surface area contributed by atoms with Gasteiger partial charge in [-0.15, -0.1) is 0 Å². The molecule has 2 aliphatic heterocycles. The van der Waals surface area contributed by atoms with E-state index in [0.717, 1.165) is 45.2 Å². The summed E-state index contributed by atoms with van der Waals surface area (Å²) >= 11 is 0.